The molecular weight excluding hydrogens is 478 g/mol. The molecule has 0 amide bonds. The van der Waals surface area contributed by atoms with Gasteiger partial charge in [0, 0.05) is 10.4 Å². The molecule has 0 aliphatic carbocycles. The number of hydrogen-bond donors (Lipinski definition) is 10. The topological polar surface area (TPSA) is 317 Å². The Labute approximate surface area is 220 Å². The summed E-state index contributed by atoms with van der Waals surface area (Å²) in [5.74, 6) is 0. The summed E-state index contributed by atoms with van der Waals surface area (Å²) in [6, 6.07) is 0. The molecule has 0 aromatic heterocycles. The molecule has 10 N–H and O–H groups in total. The molecule has 0 saturated carbocycles. The summed E-state index contributed by atoms with van der Waals surface area (Å²) in [7, 11) is -5.17. The summed E-state index contributed by atoms with van der Waals surface area (Å²) < 4.78 is 34.1. The molecule has 0 fully saturated rings. The minimum atomic E-state index is -5.17. The summed E-state index contributed by atoms with van der Waals surface area (Å²) in [6.45, 7) is -1.52. The smallest absolute Gasteiger partial charge is 0.759 e. The normalized spacial score (nSPS) is 18.2. The van der Waals surface area contributed by atoms with Gasteiger partial charge in [-0.05, 0) is 0 Å². The number of hydrogen-bond acceptors (Lipinski definition) is 16. The van der Waals surface area contributed by atoms with Crippen LogP contribution in [0.3, 0.4) is 0 Å². The third kappa shape index (κ3) is 23.8. The van der Waals surface area contributed by atoms with Crippen LogP contribution in [0.25, 0.3) is 0 Å². The van der Waals surface area contributed by atoms with E-state index in [-0.39, 0.29) is 71.7 Å². The Balaban J connectivity index is -0.000000114. The predicted octanol–water partition coefficient (Wildman–Crippen LogP) is -14.1. The standard InChI is InChI=1S/2C6H12O6.2Na.H2O4S/c2*7-1-3(9)5(11)6(12)4(10)2-8;;;1-5(2,3)4/h2*1,3-6,8-12H,2H2;;;(H2,1,2,3,4)/q;;2*+1;/p-2/t2*3-,4+,5+,6+;;;/m00.../s1. The van der Waals surface area contributed by atoms with Gasteiger partial charge < -0.3 is 69.8 Å². The van der Waals surface area contributed by atoms with E-state index < -0.39 is 72.4 Å². The van der Waals surface area contributed by atoms with Gasteiger partial charge in [0.25, 0.3) is 0 Å². The molecule has 19 heteroatoms. The quantitative estimate of drug-likeness (QED) is 0.0573. The van der Waals surface area contributed by atoms with Crippen molar-refractivity contribution in [1.29, 1.82) is 0 Å². The monoisotopic (exact) mass is 502 g/mol. The van der Waals surface area contributed by atoms with E-state index in [4.69, 9.17) is 68.6 Å². The average molecular weight is 502 g/mol. The van der Waals surface area contributed by atoms with Crippen LogP contribution in [0.5, 0.6) is 0 Å². The van der Waals surface area contributed by atoms with Crippen LogP contribution in [-0.4, -0.2) is 143 Å². The van der Waals surface area contributed by atoms with Crippen molar-refractivity contribution in [2.45, 2.75) is 48.8 Å². The van der Waals surface area contributed by atoms with Crippen LogP contribution in [0, 0.1) is 0 Å². The van der Waals surface area contributed by atoms with Gasteiger partial charge in [0.1, 0.15) is 48.8 Å². The molecule has 0 spiro atoms. The van der Waals surface area contributed by atoms with Crippen molar-refractivity contribution in [3.8, 4) is 0 Å². The maximum absolute atomic E-state index is 9.90. The fourth-order valence-corrected chi connectivity index (χ4v) is 1.24. The zero-order valence-electron chi connectivity index (χ0n) is 16.5. The van der Waals surface area contributed by atoms with Crippen molar-refractivity contribution in [3.05, 3.63) is 0 Å². The first-order chi connectivity index (χ1) is 13.1. The van der Waals surface area contributed by atoms with Crippen molar-refractivity contribution in [3.63, 3.8) is 0 Å². The van der Waals surface area contributed by atoms with Crippen LogP contribution in [0.1, 0.15) is 0 Å². The van der Waals surface area contributed by atoms with E-state index in [1.807, 2.05) is 0 Å². The summed E-state index contributed by atoms with van der Waals surface area (Å²) in [5, 5.41) is 87.1. The van der Waals surface area contributed by atoms with E-state index in [0.717, 1.165) is 0 Å². The Kier molecular flexibility index (Phi) is 30.6. The maximum Gasteiger partial charge on any atom is 1.00 e. The van der Waals surface area contributed by atoms with Crippen LogP contribution in [-0.2, 0) is 20.0 Å². The molecule has 0 unspecified atom stereocenters. The molecule has 0 aromatic rings. The zero-order chi connectivity index (χ0) is 23.9. The minimum absolute atomic E-state index is 0. The van der Waals surface area contributed by atoms with E-state index in [2.05, 4.69) is 0 Å². The van der Waals surface area contributed by atoms with Gasteiger partial charge in [-0.25, -0.2) is 0 Å². The zero-order valence-corrected chi connectivity index (χ0v) is 21.3. The molecule has 16 nitrogen and oxygen atoms in total. The van der Waals surface area contributed by atoms with Crippen LogP contribution in [0.15, 0.2) is 0 Å². The van der Waals surface area contributed by atoms with Crippen molar-refractivity contribution >= 4 is 23.0 Å². The Morgan fingerprint density at radius 3 is 0.935 bits per heavy atom. The average Bonchev–Trinajstić information content (AvgIpc) is 2.67. The Morgan fingerprint density at radius 1 is 0.613 bits per heavy atom. The van der Waals surface area contributed by atoms with E-state index in [0.29, 0.717) is 0 Å². The predicted molar refractivity (Wildman–Crippen MR) is 84.8 cm³/mol. The largest absolute Gasteiger partial charge is 1.00 e. The third-order valence-corrected chi connectivity index (χ3v) is 2.84. The molecule has 0 aromatic carbocycles. The summed E-state index contributed by atoms with van der Waals surface area (Å²) in [4.78, 5) is 19.8. The second kappa shape index (κ2) is 22.6. The molecule has 0 radical (unpaired) electrons. The molecule has 31 heavy (non-hydrogen) atoms. The van der Waals surface area contributed by atoms with E-state index in [1.54, 1.807) is 0 Å². The number of rotatable bonds is 10. The first-order valence-corrected chi connectivity index (χ1v) is 8.65. The summed E-state index contributed by atoms with van der Waals surface area (Å²) >= 11 is 0. The second-order valence-electron chi connectivity index (χ2n) is 5.12. The summed E-state index contributed by atoms with van der Waals surface area (Å²) in [6.07, 6.45) is -13.7. The van der Waals surface area contributed by atoms with Crippen molar-refractivity contribution in [1.82, 2.24) is 0 Å². The molecule has 8 atom stereocenters. The van der Waals surface area contributed by atoms with Gasteiger partial charge in [0.15, 0.2) is 12.6 Å². The van der Waals surface area contributed by atoms with Crippen LogP contribution in [0.2, 0.25) is 0 Å². The van der Waals surface area contributed by atoms with Gasteiger partial charge in [0.05, 0.1) is 13.2 Å². The molecule has 0 bridgehead atoms. The number of carbonyl (C=O) groups is 2. The molecular formula is C12H24Na2O16S. The van der Waals surface area contributed by atoms with Gasteiger partial charge in [-0.15, -0.1) is 0 Å². The molecule has 0 saturated heterocycles. The maximum atomic E-state index is 9.90. The minimum Gasteiger partial charge on any atom is -0.759 e. The Morgan fingerprint density at radius 2 is 0.806 bits per heavy atom. The first kappa shape index (κ1) is 42.0. The first-order valence-electron chi connectivity index (χ1n) is 7.32. The Bertz CT molecular complexity index is 497. The van der Waals surface area contributed by atoms with Gasteiger partial charge in [-0.1, -0.05) is 0 Å². The Hall–Kier alpha value is 0.810. The van der Waals surface area contributed by atoms with Gasteiger partial charge in [-0.3, -0.25) is 8.42 Å². The molecule has 0 rings (SSSR count). The van der Waals surface area contributed by atoms with Crippen LogP contribution < -0.4 is 59.1 Å². The summed E-state index contributed by atoms with van der Waals surface area (Å²) in [5.41, 5.74) is 0. The number of aldehydes is 2. The van der Waals surface area contributed by atoms with Gasteiger partial charge >= 0.3 is 59.1 Å². The second-order valence-corrected chi connectivity index (χ2v) is 5.94. The van der Waals surface area contributed by atoms with Gasteiger partial charge in [0.2, 0.25) is 0 Å². The number of aliphatic hydroxyl groups is 10. The number of carbonyl (C=O) groups excluding carboxylic acids is 2. The molecule has 0 aliphatic rings. The van der Waals surface area contributed by atoms with Gasteiger partial charge in [-0.2, -0.15) is 0 Å². The van der Waals surface area contributed by atoms with E-state index in [9.17, 15) is 9.59 Å². The number of aliphatic hydroxyl groups excluding tert-OH is 10. The fourth-order valence-electron chi connectivity index (χ4n) is 1.24. The SMILES string of the molecule is O=C[C@H](O)[C@@H](O)[C@H](O)[C@H](O)CO.O=C[C@H](O)[C@@H](O)[C@H](O)[C@H](O)CO.O=S(=O)([O-])[O-].[Na+].[Na+]. The van der Waals surface area contributed by atoms with E-state index >= 15 is 0 Å². The molecule has 0 aliphatic heterocycles. The molecule has 0 heterocycles. The van der Waals surface area contributed by atoms with Crippen molar-refractivity contribution < 1.29 is 137 Å². The van der Waals surface area contributed by atoms with E-state index in [1.165, 1.54) is 0 Å². The van der Waals surface area contributed by atoms with Crippen molar-refractivity contribution in [2.75, 3.05) is 13.2 Å². The molecule has 176 valence electrons. The van der Waals surface area contributed by atoms with Crippen LogP contribution >= 0.6 is 0 Å². The van der Waals surface area contributed by atoms with Crippen molar-refractivity contribution in [2.24, 2.45) is 0 Å². The fraction of sp³-hybridized carbons (Fsp3) is 0.833. The third-order valence-electron chi connectivity index (χ3n) is 2.84. The van der Waals surface area contributed by atoms with Crippen LogP contribution in [0.4, 0.5) is 0 Å².